The maximum absolute atomic E-state index is 3.99. The summed E-state index contributed by atoms with van der Waals surface area (Å²) in [5.74, 6) is 0. The molecule has 1 rings (SSSR count). The summed E-state index contributed by atoms with van der Waals surface area (Å²) in [6, 6.07) is 4.01. The smallest absolute Gasteiger partial charge is 0.0886 e. The molecule has 0 aliphatic rings. The van der Waals surface area contributed by atoms with Gasteiger partial charge in [0.15, 0.2) is 0 Å². The van der Waals surface area contributed by atoms with Crippen LogP contribution in [0.15, 0.2) is 18.3 Å². The van der Waals surface area contributed by atoms with Crippen LogP contribution < -0.4 is 0 Å². The highest BCUT2D eigenvalue weighted by atomic mass is 14.6. The van der Waals surface area contributed by atoms with Gasteiger partial charge in [0.25, 0.3) is 0 Å². The Kier molecular flexibility index (Phi) is 6.05. The third-order valence-corrected chi connectivity index (χ3v) is 2.50. The minimum absolute atomic E-state index is 1.17. The van der Waals surface area contributed by atoms with Gasteiger partial charge in [-0.3, -0.25) is 4.98 Å². The minimum atomic E-state index is 1.17. The van der Waals surface area contributed by atoms with Crippen molar-refractivity contribution in [1.82, 2.24) is 4.98 Å². The van der Waals surface area contributed by atoms with Crippen molar-refractivity contribution in [3.8, 4) is 0 Å². The molecule has 0 amide bonds. The third kappa shape index (κ3) is 5.00. The second kappa shape index (κ2) is 7.54. The van der Waals surface area contributed by atoms with E-state index in [1.54, 1.807) is 0 Å². The molecule has 0 aliphatic heterocycles. The Balaban J connectivity index is 1.99. The molecule has 0 aliphatic carbocycles. The molecule has 0 spiro atoms. The van der Waals surface area contributed by atoms with Crippen molar-refractivity contribution in [3.63, 3.8) is 0 Å². The standard InChI is InChI=1S/C13H20N/c1-2-3-4-5-6-7-9-13-10-8-11-14-12-13/h8,10,12H,2-7,9H2,1H3. The van der Waals surface area contributed by atoms with E-state index in [1.807, 2.05) is 12.3 Å². The van der Waals surface area contributed by atoms with E-state index in [2.05, 4.69) is 24.2 Å². The summed E-state index contributed by atoms with van der Waals surface area (Å²) in [6.07, 6.45) is 14.1. The number of hydrogen-bond donors (Lipinski definition) is 0. The Hall–Kier alpha value is -0.850. The molecule has 0 aromatic carbocycles. The second-order valence-corrected chi connectivity index (χ2v) is 3.81. The first-order valence-electron chi connectivity index (χ1n) is 5.74. The third-order valence-electron chi connectivity index (χ3n) is 2.50. The summed E-state index contributed by atoms with van der Waals surface area (Å²) < 4.78 is 0. The molecule has 1 heteroatoms. The number of nitrogens with zero attached hydrogens (tertiary/aromatic N) is 1. The molecule has 1 radical (unpaired) electrons. The summed E-state index contributed by atoms with van der Waals surface area (Å²) in [5, 5.41) is 0. The average molecular weight is 190 g/mol. The average Bonchev–Trinajstić information content (AvgIpc) is 2.25. The van der Waals surface area contributed by atoms with E-state index in [0.717, 1.165) is 0 Å². The number of aromatic nitrogens is 1. The molecule has 0 saturated carbocycles. The molecule has 1 heterocycles. The SMILES string of the molecule is CCCCCCCCc1cc[c]nc1. The molecule has 77 valence electrons. The maximum atomic E-state index is 3.99. The van der Waals surface area contributed by atoms with Crippen LogP contribution in [0, 0.1) is 6.20 Å². The van der Waals surface area contributed by atoms with Gasteiger partial charge in [-0.25, -0.2) is 0 Å². The normalized spacial score (nSPS) is 10.4. The van der Waals surface area contributed by atoms with Gasteiger partial charge in [-0.05, 0) is 24.5 Å². The van der Waals surface area contributed by atoms with E-state index >= 15 is 0 Å². The first-order valence-corrected chi connectivity index (χ1v) is 5.74. The molecular weight excluding hydrogens is 170 g/mol. The lowest BCUT2D eigenvalue weighted by atomic mass is 10.1. The molecule has 1 nitrogen and oxygen atoms in total. The van der Waals surface area contributed by atoms with Crippen molar-refractivity contribution >= 4 is 0 Å². The summed E-state index contributed by atoms with van der Waals surface area (Å²) in [5.41, 5.74) is 1.35. The van der Waals surface area contributed by atoms with Gasteiger partial charge in [0.2, 0.25) is 0 Å². The van der Waals surface area contributed by atoms with Crippen LogP contribution in [-0.2, 0) is 6.42 Å². The van der Waals surface area contributed by atoms with Crippen LogP contribution in [0.25, 0.3) is 0 Å². The lowest BCUT2D eigenvalue weighted by molar-refractivity contribution is 0.607. The Bertz CT molecular complexity index is 218. The number of pyridine rings is 1. The zero-order valence-corrected chi connectivity index (χ0v) is 9.13. The van der Waals surface area contributed by atoms with Gasteiger partial charge >= 0.3 is 0 Å². The lowest BCUT2D eigenvalue weighted by Crippen LogP contribution is -1.86. The molecule has 0 N–H and O–H groups in total. The lowest BCUT2D eigenvalue weighted by Gasteiger charge is -2.00. The van der Waals surface area contributed by atoms with Crippen LogP contribution in [0.5, 0.6) is 0 Å². The Morgan fingerprint density at radius 2 is 1.93 bits per heavy atom. The molecule has 0 bridgehead atoms. The zero-order chi connectivity index (χ0) is 10.1. The molecule has 14 heavy (non-hydrogen) atoms. The van der Waals surface area contributed by atoms with Crippen LogP contribution in [0.4, 0.5) is 0 Å². The summed E-state index contributed by atoms with van der Waals surface area (Å²) in [6.45, 7) is 2.26. The number of rotatable bonds is 7. The first kappa shape index (κ1) is 11.2. The van der Waals surface area contributed by atoms with Gasteiger partial charge in [-0.2, -0.15) is 0 Å². The van der Waals surface area contributed by atoms with Crippen LogP contribution in [-0.4, -0.2) is 4.98 Å². The fourth-order valence-corrected chi connectivity index (χ4v) is 1.61. The first-order chi connectivity index (χ1) is 6.93. The molecule has 0 unspecified atom stereocenters. The van der Waals surface area contributed by atoms with Crippen LogP contribution in [0.2, 0.25) is 0 Å². The van der Waals surface area contributed by atoms with Crippen molar-refractivity contribution in [2.24, 2.45) is 0 Å². The van der Waals surface area contributed by atoms with Gasteiger partial charge in [-0.1, -0.05) is 45.1 Å². The largest absolute Gasteiger partial charge is 0.254 e. The van der Waals surface area contributed by atoms with Gasteiger partial charge in [0, 0.05) is 6.20 Å². The van der Waals surface area contributed by atoms with E-state index < -0.39 is 0 Å². The van der Waals surface area contributed by atoms with Gasteiger partial charge in [0.1, 0.15) is 0 Å². The second-order valence-electron chi connectivity index (χ2n) is 3.81. The molecule has 0 atom stereocenters. The summed E-state index contributed by atoms with van der Waals surface area (Å²) >= 11 is 0. The summed E-state index contributed by atoms with van der Waals surface area (Å²) in [7, 11) is 0. The Morgan fingerprint density at radius 1 is 1.14 bits per heavy atom. The molecule has 1 aromatic rings. The number of unbranched alkanes of at least 4 members (excludes halogenated alkanes) is 5. The van der Waals surface area contributed by atoms with Crippen LogP contribution in [0.3, 0.4) is 0 Å². The van der Waals surface area contributed by atoms with Crippen molar-refractivity contribution in [1.29, 1.82) is 0 Å². The van der Waals surface area contributed by atoms with E-state index in [1.165, 1.54) is 50.5 Å². The highest BCUT2D eigenvalue weighted by Gasteiger charge is 1.93. The van der Waals surface area contributed by atoms with E-state index in [0.29, 0.717) is 0 Å². The monoisotopic (exact) mass is 190 g/mol. The van der Waals surface area contributed by atoms with Crippen molar-refractivity contribution in [3.05, 3.63) is 30.1 Å². The minimum Gasteiger partial charge on any atom is -0.254 e. The molecule has 0 fully saturated rings. The predicted molar refractivity (Wildman–Crippen MR) is 60.2 cm³/mol. The fraction of sp³-hybridized carbons (Fsp3) is 0.615. The molecule has 1 aromatic heterocycles. The van der Waals surface area contributed by atoms with Crippen molar-refractivity contribution < 1.29 is 0 Å². The van der Waals surface area contributed by atoms with Crippen LogP contribution >= 0.6 is 0 Å². The van der Waals surface area contributed by atoms with Crippen molar-refractivity contribution in [2.75, 3.05) is 0 Å². The highest BCUT2D eigenvalue weighted by molar-refractivity contribution is 5.07. The quantitative estimate of drug-likeness (QED) is 0.596. The highest BCUT2D eigenvalue weighted by Crippen LogP contribution is 2.08. The zero-order valence-electron chi connectivity index (χ0n) is 9.13. The predicted octanol–water partition coefficient (Wildman–Crippen LogP) is 3.78. The molecular formula is C13H20N. The Labute approximate surface area is 87.6 Å². The maximum Gasteiger partial charge on any atom is 0.0886 e. The van der Waals surface area contributed by atoms with Crippen LogP contribution in [0.1, 0.15) is 51.0 Å². The number of hydrogen-bond acceptors (Lipinski definition) is 1. The van der Waals surface area contributed by atoms with E-state index in [4.69, 9.17) is 0 Å². The topological polar surface area (TPSA) is 12.9 Å². The van der Waals surface area contributed by atoms with E-state index in [9.17, 15) is 0 Å². The number of aryl methyl sites for hydroxylation is 1. The van der Waals surface area contributed by atoms with Gasteiger partial charge in [-0.15, -0.1) is 0 Å². The van der Waals surface area contributed by atoms with Crippen molar-refractivity contribution in [2.45, 2.75) is 51.9 Å². The Morgan fingerprint density at radius 3 is 2.64 bits per heavy atom. The van der Waals surface area contributed by atoms with Gasteiger partial charge < -0.3 is 0 Å². The summed E-state index contributed by atoms with van der Waals surface area (Å²) in [4.78, 5) is 3.99. The fourth-order valence-electron chi connectivity index (χ4n) is 1.61. The van der Waals surface area contributed by atoms with Gasteiger partial charge in [0.05, 0.1) is 6.20 Å². The molecule has 0 saturated heterocycles. The van der Waals surface area contributed by atoms with E-state index in [-0.39, 0.29) is 0 Å².